The Hall–Kier alpha value is 0.220. The summed E-state index contributed by atoms with van der Waals surface area (Å²) in [6.45, 7) is 6.71. The first-order chi connectivity index (χ1) is 12.3. The summed E-state index contributed by atoms with van der Waals surface area (Å²) in [6.07, 6.45) is 0. The second kappa shape index (κ2) is 16.4. The van der Waals surface area contributed by atoms with Gasteiger partial charge in [0.1, 0.15) is 5.75 Å². The third-order valence-corrected chi connectivity index (χ3v) is 7.85. The van der Waals surface area contributed by atoms with E-state index in [2.05, 4.69) is 66.5 Å². The van der Waals surface area contributed by atoms with Crippen LogP contribution in [0, 0.1) is 0 Å². The van der Waals surface area contributed by atoms with Crippen LogP contribution in [0.1, 0.15) is 13.8 Å². The van der Waals surface area contributed by atoms with Gasteiger partial charge >= 0.3 is 0 Å². The largest absolute Gasteiger partial charge is 0.497 e. The lowest BCUT2D eigenvalue weighted by Crippen LogP contribution is -2.28. The lowest BCUT2D eigenvalue weighted by molar-refractivity contribution is 0.415. The van der Waals surface area contributed by atoms with Crippen molar-refractivity contribution in [3.8, 4) is 5.75 Å². The number of methoxy groups -OCH3 is 1. The first-order valence-corrected chi connectivity index (χ1v) is 13.6. The van der Waals surface area contributed by atoms with Crippen molar-refractivity contribution in [1.29, 1.82) is 0 Å². The number of benzene rings is 1. The Morgan fingerprint density at radius 2 is 1.20 bits per heavy atom. The Labute approximate surface area is 172 Å². The van der Waals surface area contributed by atoms with Gasteiger partial charge in [0.05, 0.1) is 7.11 Å². The molecule has 0 bridgehead atoms. The summed E-state index contributed by atoms with van der Waals surface area (Å²) in [5, 5.41) is 0. The van der Waals surface area contributed by atoms with Gasteiger partial charge in [-0.3, -0.25) is 0 Å². The molecule has 25 heavy (non-hydrogen) atoms. The van der Waals surface area contributed by atoms with Crippen molar-refractivity contribution >= 4 is 52.7 Å². The van der Waals surface area contributed by atoms with E-state index in [9.17, 15) is 0 Å². The average molecular weight is 420 g/mol. The number of anilines is 1. The van der Waals surface area contributed by atoms with E-state index in [4.69, 9.17) is 4.74 Å². The standard InChI is InChI=1S/C19H33NOS4/c1-4-22-14-16-24-12-10-20(11-13-25-17-15-23-5-2)18-6-8-19(21-3)9-7-18/h6-9H,4-5,10-17H2,1-3H3. The van der Waals surface area contributed by atoms with Gasteiger partial charge in [0, 0.05) is 53.3 Å². The van der Waals surface area contributed by atoms with Crippen molar-refractivity contribution in [2.45, 2.75) is 13.8 Å². The Morgan fingerprint density at radius 3 is 1.64 bits per heavy atom. The Balaban J connectivity index is 2.39. The molecule has 1 rings (SSSR count). The molecule has 0 N–H and O–H groups in total. The monoisotopic (exact) mass is 419 g/mol. The summed E-state index contributed by atoms with van der Waals surface area (Å²) >= 11 is 8.23. The first kappa shape index (κ1) is 23.3. The van der Waals surface area contributed by atoms with Gasteiger partial charge in [0.25, 0.3) is 0 Å². The zero-order valence-corrected chi connectivity index (χ0v) is 19.1. The molecule has 144 valence electrons. The summed E-state index contributed by atoms with van der Waals surface area (Å²) in [6, 6.07) is 8.51. The van der Waals surface area contributed by atoms with Crippen molar-refractivity contribution in [3.63, 3.8) is 0 Å². The maximum absolute atomic E-state index is 5.29. The van der Waals surface area contributed by atoms with E-state index < -0.39 is 0 Å². The predicted molar refractivity (Wildman–Crippen MR) is 126 cm³/mol. The minimum absolute atomic E-state index is 0.931. The van der Waals surface area contributed by atoms with Crippen LogP contribution in [0.4, 0.5) is 5.69 Å². The maximum Gasteiger partial charge on any atom is 0.119 e. The molecule has 0 aromatic heterocycles. The van der Waals surface area contributed by atoms with Crippen LogP contribution in [0.5, 0.6) is 5.75 Å². The molecule has 0 atom stereocenters. The number of hydrogen-bond acceptors (Lipinski definition) is 6. The van der Waals surface area contributed by atoms with Gasteiger partial charge in [-0.25, -0.2) is 0 Å². The molecule has 0 saturated carbocycles. The summed E-state index contributed by atoms with van der Waals surface area (Å²) in [5.74, 6) is 10.9. The fraction of sp³-hybridized carbons (Fsp3) is 0.684. The number of thioether (sulfide) groups is 4. The molecular formula is C19H33NOS4. The zero-order valence-electron chi connectivity index (χ0n) is 15.9. The molecule has 0 aliphatic heterocycles. The highest BCUT2D eigenvalue weighted by Gasteiger charge is 2.07. The van der Waals surface area contributed by atoms with E-state index >= 15 is 0 Å². The number of ether oxygens (including phenoxy) is 1. The Bertz CT molecular complexity index is 400. The molecule has 0 aliphatic carbocycles. The van der Waals surface area contributed by atoms with Crippen molar-refractivity contribution in [2.24, 2.45) is 0 Å². The second-order valence-electron chi connectivity index (χ2n) is 5.30. The van der Waals surface area contributed by atoms with Gasteiger partial charge in [-0.2, -0.15) is 47.0 Å². The molecule has 2 nitrogen and oxygen atoms in total. The van der Waals surface area contributed by atoms with Crippen LogP contribution in [0.2, 0.25) is 0 Å². The third kappa shape index (κ3) is 11.5. The fourth-order valence-corrected chi connectivity index (χ4v) is 5.81. The van der Waals surface area contributed by atoms with Crippen LogP contribution >= 0.6 is 47.0 Å². The highest BCUT2D eigenvalue weighted by atomic mass is 32.2. The second-order valence-corrected chi connectivity index (χ2v) is 10.5. The van der Waals surface area contributed by atoms with E-state index in [1.165, 1.54) is 51.7 Å². The highest BCUT2D eigenvalue weighted by Crippen LogP contribution is 2.20. The molecule has 0 radical (unpaired) electrons. The highest BCUT2D eigenvalue weighted by molar-refractivity contribution is 8.03. The van der Waals surface area contributed by atoms with E-state index in [1.807, 2.05) is 23.5 Å². The summed E-state index contributed by atoms with van der Waals surface area (Å²) in [4.78, 5) is 2.53. The molecule has 6 heteroatoms. The lowest BCUT2D eigenvalue weighted by Gasteiger charge is -2.25. The summed E-state index contributed by atoms with van der Waals surface area (Å²) < 4.78 is 5.29. The topological polar surface area (TPSA) is 12.5 Å². The fourth-order valence-electron chi connectivity index (χ4n) is 2.24. The molecule has 0 fully saturated rings. The molecule has 0 amide bonds. The van der Waals surface area contributed by atoms with Crippen molar-refractivity contribution in [2.75, 3.05) is 71.1 Å². The molecule has 0 heterocycles. The first-order valence-electron chi connectivity index (χ1n) is 9.01. The Morgan fingerprint density at radius 1 is 0.720 bits per heavy atom. The SMILES string of the molecule is CCSCCSCCN(CCSCCSCC)c1ccc(OC)cc1. The average Bonchev–Trinajstić information content (AvgIpc) is 2.65. The van der Waals surface area contributed by atoms with Crippen LogP contribution in [0.25, 0.3) is 0 Å². The summed E-state index contributed by atoms with van der Waals surface area (Å²) in [7, 11) is 1.72. The molecule has 1 aromatic rings. The predicted octanol–water partition coefficient (Wildman–Crippen LogP) is 5.47. The lowest BCUT2D eigenvalue weighted by atomic mass is 10.2. The molecule has 0 aliphatic rings. The van der Waals surface area contributed by atoms with E-state index in [0.717, 1.165) is 18.8 Å². The minimum atomic E-state index is 0.931. The quantitative estimate of drug-likeness (QED) is 0.327. The van der Waals surface area contributed by atoms with Gasteiger partial charge in [-0.15, -0.1) is 0 Å². The van der Waals surface area contributed by atoms with Gasteiger partial charge in [-0.1, -0.05) is 13.8 Å². The van der Waals surface area contributed by atoms with Crippen LogP contribution < -0.4 is 9.64 Å². The van der Waals surface area contributed by atoms with Crippen LogP contribution in [0.15, 0.2) is 24.3 Å². The van der Waals surface area contributed by atoms with Crippen LogP contribution in [0.3, 0.4) is 0 Å². The summed E-state index contributed by atoms with van der Waals surface area (Å²) in [5.41, 5.74) is 1.31. The normalized spacial score (nSPS) is 10.8. The van der Waals surface area contributed by atoms with Gasteiger partial charge < -0.3 is 9.64 Å². The minimum Gasteiger partial charge on any atom is -0.497 e. The zero-order chi connectivity index (χ0) is 18.2. The number of nitrogens with zero attached hydrogens (tertiary/aromatic N) is 1. The van der Waals surface area contributed by atoms with Crippen LogP contribution in [-0.2, 0) is 0 Å². The van der Waals surface area contributed by atoms with Gasteiger partial charge in [0.15, 0.2) is 0 Å². The molecule has 0 unspecified atom stereocenters. The van der Waals surface area contributed by atoms with E-state index in [1.54, 1.807) is 7.11 Å². The van der Waals surface area contributed by atoms with Gasteiger partial charge in [-0.05, 0) is 35.8 Å². The van der Waals surface area contributed by atoms with Crippen molar-refractivity contribution < 1.29 is 4.74 Å². The third-order valence-electron chi connectivity index (χ3n) is 3.60. The molecule has 0 spiro atoms. The van der Waals surface area contributed by atoms with E-state index in [0.29, 0.717) is 0 Å². The Kier molecular flexibility index (Phi) is 15.3. The smallest absolute Gasteiger partial charge is 0.119 e. The van der Waals surface area contributed by atoms with Crippen molar-refractivity contribution in [3.05, 3.63) is 24.3 Å². The number of rotatable bonds is 16. The number of hydrogen-bond donors (Lipinski definition) is 0. The van der Waals surface area contributed by atoms with Crippen LogP contribution in [-0.4, -0.2) is 66.2 Å². The van der Waals surface area contributed by atoms with Crippen molar-refractivity contribution in [1.82, 2.24) is 0 Å². The van der Waals surface area contributed by atoms with E-state index in [-0.39, 0.29) is 0 Å². The molecule has 0 saturated heterocycles. The molecular weight excluding hydrogens is 386 g/mol. The maximum atomic E-state index is 5.29. The molecule has 1 aromatic carbocycles. The van der Waals surface area contributed by atoms with Gasteiger partial charge in [0.2, 0.25) is 0 Å².